The lowest BCUT2D eigenvalue weighted by Crippen LogP contribution is -2.02. The highest BCUT2D eigenvalue weighted by Crippen LogP contribution is 2.32. The molecule has 0 bridgehead atoms. The van der Waals surface area contributed by atoms with Crippen LogP contribution in [-0.4, -0.2) is 24.9 Å². The fourth-order valence-electron chi connectivity index (χ4n) is 1.60. The SMILES string of the molecule is CS(=O)(=O)c1c(F)cc(-c2cn[nH]c2N)cc1Br. The molecule has 0 amide bonds. The van der Waals surface area contributed by atoms with Crippen LogP contribution in [-0.2, 0) is 9.84 Å². The summed E-state index contributed by atoms with van der Waals surface area (Å²) < 4.78 is 36.9. The van der Waals surface area contributed by atoms with Gasteiger partial charge in [0, 0.05) is 16.3 Å². The molecule has 1 aromatic carbocycles. The maximum atomic E-state index is 13.8. The molecule has 0 aliphatic rings. The molecule has 96 valence electrons. The van der Waals surface area contributed by atoms with E-state index >= 15 is 0 Å². The van der Waals surface area contributed by atoms with Crippen LogP contribution in [0.2, 0.25) is 0 Å². The largest absolute Gasteiger partial charge is 0.384 e. The molecule has 1 aromatic heterocycles. The van der Waals surface area contributed by atoms with Crippen LogP contribution in [0, 0.1) is 5.82 Å². The normalized spacial score (nSPS) is 11.7. The molecular weight excluding hydrogens is 325 g/mol. The van der Waals surface area contributed by atoms with Crippen molar-refractivity contribution in [3.63, 3.8) is 0 Å². The minimum atomic E-state index is -3.64. The number of benzene rings is 1. The second kappa shape index (κ2) is 4.36. The van der Waals surface area contributed by atoms with Gasteiger partial charge in [0.15, 0.2) is 9.84 Å². The van der Waals surface area contributed by atoms with Crippen molar-refractivity contribution in [1.29, 1.82) is 0 Å². The second-order valence-electron chi connectivity index (χ2n) is 3.74. The second-order valence-corrected chi connectivity index (χ2v) is 6.55. The first-order valence-electron chi connectivity index (χ1n) is 4.79. The molecule has 3 N–H and O–H groups in total. The minimum absolute atomic E-state index is 0.153. The highest BCUT2D eigenvalue weighted by Gasteiger charge is 2.20. The fraction of sp³-hybridized carbons (Fsp3) is 0.100. The van der Waals surface area contributed by atoms with Crippen molar-refractivity contribution in [3.05, 3.63) is 28.6 Å². The van der Waals surface area contributed by atoms with Gasteiger partial charge >= 0.3 is 0 Å². The molecule has 5 nitrogen and oxygen atoms in total. The van der Waals surface area contributed by atoms with Gasteiger partial charge < -0.3 is 5.73 Å². The Bertz CT molecular complexity index is 689. The third-order valence-corrected chi connectivity index (χ3v) is 4.39. The highest BCUT2D eigenvalue weighted by atomic mass is 79.9. The number of anilines is 1. The van der Waals surface area contributed by atoms with Crippen LogP contribution in [0.3, 0.4) is 0 Å². The van der Waals surface area contributed by atoms with E-state index in [4.69, 9.17) is 5.73 Å². The molecule has 18 heavy (non-hydrogen) atoms. The maximum Gasteiger partial charge on any atom is 0.179 e. The summed E-state index contributed by atoms with van der Waals surface area (Å²) in [5, 5.41) is 6.25. The molecule has 0 radical (unpaired) electrons. The van der Waals surface area contributed by atoms with Gasteiger partial charge in [-0.25, -0.2) is 12.8 Å². The summed E-state index contributed by atoms with van der Waals surface area (Å²) in [7, 11) is -3.64. The Morgan fingerprint density at radius 2 is 2.11 bits per heavy atom. The summed E-state index contributed by atoms with van der Waals surface area (Å²) in [6.45, 7) is 0. The van der Waals surface area contributed by atoms with Crippen molar-refractivity contribution in [3.8, 4) is 11.1 Å². The van der Waals surface area contributed by atoms with E-state index in [9.17, 15) is 12.8 Å². The van der Waals surface area contributed by atoms with E-state index in [1.54, 1.807) is 0 Å². The summed E-state index contributed by atoms with van der Waals surface area (Å²) in [6, 6.07) is 2.60. The van der Waals surface area contributed by atoms with Crippen LogP contribution >= 0.6 is 15.9 Å². The smallest absolute Gasteiger partial charge is 0.179 e. The van der Waals surface area contributed by atoms with Crippen molar-refractivity contribution in [2.24, 2.45) is 0 Å². The third kappa shape index (κ3) is 2.25. The van der Waals surface area contributed by atoms with Crippen LogP contribution in [0.5, 0.6) is 0 Å². The summed E-state index contributed by atoms with van der Waals surface area (Å²) in [4.78, 5) is -0.367. The highest BCUT2D eigenvalue weighted by molar-refractivity contribution is 9.10. The van der Waals surface area contributed by atoms with E-state index in [0.29, 0.717) is 11.1 Å². The summed E-state index contributed by atoms with van der Waals surface area (Å²) >= 11 is 3.05. The fourth-order valence-corrected chi connectivity index (χ4v) is 3.74. The molecule has 2 rings (SSSR count). The van der Waals surface area contributed by atoms with Gasteiger partial charge in [-0.3, -0.25) is 5.10 Å². The Kier molecular flexibility index (Phi) is 3.16. The average molecular weight is 334 g/mol. The zero-order chi connectivity index (χ0) is 13.5. The summed E-state index contributed by atoms with van der Waals surface area (Å²) in [5.74, 6) is -0.545. The lowest BCUT2D eigenvalue weighted by molar-refractivity contribution is 0.569. The topological polar surface area (TPSA) is 88.8 Å². The lowest BCUT2D eigenvalue weighted by Gasteiger charge is -2.07. The molecule has 0 saturated heterocycles. The average Bonchev–Trinajstić information content (AvgIpc) is 2.60. The molecule has 8 heteroatoms. The number of nitrogens with zero attached hydrogens (tertiary/aromatic N) is 1. The zero-order valence-electron chi connectivity index (χ0n) is 9.24. The number of hydrogen-bond donors (Lipinski definition) is 2. The Morgan fingerprint density at radius 3 is 2.56 bits per heavy atom. The first-order chi connectivity index (χ1) is 8.30. The van der Waals surface area contributed by atoms with E-state index in [1.807, 2.05) is 0 Å². The predicted octanol–water partition coefficient (Wildman–Crippen LogP) is 1.96. The molecule has 2 aromatic rings. The molecule has 0 saturated carbocycles. The summed E-state index contributed by atoms with van der Waals surface area (Å²) in [5.41, 5.74) is 6.57. The number of sulfone groups is 1. The molecule has 0 atom stereocenters. The first-order valence-corrected chi connectivity index (χ1v) is 7.47. The number of hydrogen-bond acceptors (Lipinski definition) is 4. The third-order valence-electron chi connectivity index (χ3n) is 2.35. The van der Waals surface area contributed by atoms with E-state index in [0.717, 1.165) is 12.3 Å². The van der Waals surface area contributed by atoms with Gasteiger partial charge in [-0.15, -0.1) is 0 Å². The lowest BCUT2D eigenvalue weighted by atomic mass is 10.1. The zero-order valence-corrected chi connectivity index (χ0v) is 11.6. The molecule has 0 aliphatic heterocycles. The Labute approximate surface area is 111 Å². The van der Waals surface area contributed by atoms with Gasteiger partial charge in [-0.2, -0.15) is 5.10 Å². The molecule has 0 fully saturated rings. The Morgan fingerprint density at radius 1 is 1.44 bits per heavy atom. The Hall–Kier alpha value is -1.41. The molecular formula is C10H9BrFN3O2S. The Balaban J connectivity index is 2.68. The van der Waals surface area contributed by atoms with E-state index in [2.05, 4.69) is 26.1 Å². The van der Waals surface area contributed by atoms with Gasteiger partial charge in [0.2, 0.25) is 0 Å². The maximum absolute atomic E-state index is 13.8. The van der Waals surface area contributed by atoms with Crippen molar-refractivity contribution >= 4 is 31.6 Å². The number of nitrogens with two attached hydrogens (primary N) is 1. The van der Waals surface area contributed by atoms with Gasteiger partial charge in [0.1, 0.15) is 16.5 Å². The van der Waals surface area contributed by atoms with E-state index in [1.165, 1.54) is 12.3 Å². The van der Waals surface area contributed by atoms with Crippen LogP contribution < -0.4 is 5.73 Å². The number of nitrogen functional groups attached to an aromatic ring is 1. The van der Waals surface area contributed by atoms with Crippen molar-refractivity contribution in [2.45, 2.75) is 4.90 Å². The van der Waals surface area contributed by atoms with Crippen LogP contribution in [0.15, 0.2) is 27.7 Å². The predicted molar refractivity (Wildman–Crippen MR) is 69.2 cm³/mol. The molecule has 0 unspecified atom stereocenters. The number of nitrogens with one attached hydrogen (secondary N) is 1. The van der Waals surface area contributed by atoms with Crippen LogP contribution in [0.25, 0.3) is 11.1 Å². The van der Waals surface area contributed by atoms with Gasteiger partial charge in [-0.05, 0) is 33.6 Å². The number of H-pyrrole nitrogens is 1. The quantitative estimate of drug-likeness (QED) is 0.879. The number of halogens is 2. The van der Waals surface area contributed by atoms with Gasteiger partial charge in [0.05, 0.1) is 6.20 Å². The number of aromatic nitrogens is 2. The van der Waals surface area contributed by atoms with E-state index < -0.39 is 15.7 Å². The molecule has 0 spiro atoms. The molecule has 1 heterocycles. The first kappa shape index (κ1) is 13.0. The van der Waals surface area contributed by atoms with Crippen molar-refractivity contribution in [1.82, 2.24) is 10.2 Å². The van der Waals surface area contributed by atoms with Crippen molar-refractivity contribution in [2.75, 3.05) is 12.0 Å². The standard InChI is InChI=1S/C10H9BrFN3O2S/c1-18(16,17)9-7(11)2-5(3-8(9)12)6-4-14-15-10(6)13/h2-4H,1H3,(H3,13,14,15). The van der Waals surface area contributed by atoms with E-state index in [-0.39, 0.29) is 15.2 Å². The monoisotopic (exact) mass is 333 g/mol. The number of rotatable bonds is 2. The minimum Gasteiger partial charge on any atom is -0.384 e. The van der Waals surface area contributed by atoms with Crippen LogP contribution in [0.4, 0.5) is 10.2 Å². The molecule has 0 aliphatic carbocycles. The van der Waals surface area contributed by atoms with Gasteiger partial charge in [-0.1, -0.05) is 0 Å². The van der Waals surface area contributed by atoms with Crippen LogP contribution in [0.1, 0.15) is 0 Å². The van der Waals surface area contributed by atoms with Gasteiger partial charge in [0.25, 0.3) is 0 Å². The van der Waals surface area contributed by atoms with Crippen molar-refractivity contribution < 1.29 is 12.8 Å². The summed E-state index contributed by atoms with van der Waals surface area (Å²) in [6.07, 6.45) is 2.39. The number of aromatic amines is 1.